The summed E-state index contributed by atoms with van der Waals surface area (Å²) >= 11 is 1.07. The van der Waals surface area contributed by atoms with Crippen LogP contribution in [0.4, 0.5) is 0 Å². The average molecular weight is 232 g/mol. The Hall–Kier alpha value is -1.81. The minimum atomic E-state index is -0.209. The van der Waals surface area contributed by atoms with E-state index in [1.165, 1.54) is 12.1 Å². The van der Waals surface area contributed by atoms with Crippen LogP contribution in [0.25, 0.3) is 0 Å². The number of hydrogen-bond donors (Lipinski definition) is 0. The molecule has 0 saturated carbocycles. The molecule has 0 fully saturated rings. The summed E-state index contributed by atoms with van der Waals surface area (Å²) in [6, 6.07) is 12.3. The zero-order valence-electron chi connectivity index (χ0n) is 8.25. The summed E-state index contributed by atoms with van der Waals surface area (Å²) in [5.41, 5.74) is 0. The maximum absolute atomic E-state index is 11.7. The first-order valence-electron chi connectivity index (χ1n) is 4.62. The monoisotopic (exact) mass is 232 g/mol. The Balaban J connectivity index is 2.11. The molecule has 2 rings (SSSR count). The standard InChI is InChI=1S/C12H8O3S/c13-8-9-6-7-11(15-9)12(14)16-10-4-2-1-3-5-10/h1-8H. The second-order valence-electron chi connectivity index (χ2n) is 3.02. The lowest BCUT2D eigenvalue weighted by atomic mass is 10.4. The van der Waals surface area contributed by atoms with Crippen LogP contribution >= 0.6 is 11.8 Å². The second kappa shape index (κ2) is 4.81. The summed E-state index contributed by atoms with van der Waals surface area (Å²) < 4.78 is 5.03. The first-order valence-corrected chi connectivity index (χ1v) is 5.43. The lowest BCUT2D eigenvalue weighted by molar-refractivity contribution is 0.105. The smallest absolute Gasteiger partial charge is 0.259 e. The van der Waals surface area contributed by atoms with E-state index in [-0.39, 0.29) is 16.6 Å². The van der Waals surface area contributed by atoms with Gasteiger partial charge in [-0.25, -0.2) is 0 Å². The Morgan fingerprint density at radius 2 is 1.88 bits per heavy atom. The molecule has 80 valence electrons. The van der Waals surface area contributed by atoms with E-state index in [1.54, 1.807) is 0 Å². The Labute approximate surface area is 96.5 Å². The van der Waals surface area contributed by atoms with Crippen molar-refractivity contribution in [2.45, 2.75) is 4.90 Å². The molecule has 0 N–H and O–H groups in total. The van der Waals surface area contributed by atoms with Crippen LogP contribution in [0, 0.1) is 0 Å². The summed E-state index contributed by atoms with van der Waals surface area (Å²) in [5.74, 6) is 0.355. The molecule has 0 spiro atoms. The van der Waals surface area contributed by atoms with E-state index < -0.39 is 0 Å². The van der Waals surface area contributed by atoms with Gasteiger partial charge < -0.3 is 4.42 Å². The fourth-order valence-electron chi connectivity index (χ4n) is 1.17. The highest BCUT2D eigenvalue weighted by molar-refractivity contribution is 8.14. The van der Waals surface area contributed by atoms with Crippen LogP contribution in [0.1, 0.15) is 21.1 Å². The van der Waals surface area contributed by atoms with Crippen LogP contribution in [-0.4, -0.2) is 11.4 Å². The van der Waals surface area contributed by atoms with Gasteiger partial charge in [-0.2, -0.15) is 0 Å². The molecular formula is C12H8O3S. The Kier molecular flexibility index (Phi) is 3.22. The topological polar surface area (TPSA) is 47.3 Å². The molecule has 0 aliphatic carbocycles. The van der Waals surface area contributed by atoms with E-state index in [4.69, 9.17) is 4.42 Å². The molecule has 0 radical (unpaired) electrons. The summed E-state index contributed by atoms with van der Waals surface area (Å²) in [6.07, 6.45) is 0.573. The van der Waals surface area contributed by atoms with E-state index in [9.17, 15) is 9.59 Å². The summed E-state index contributed by atoms with van der Waals surface area (Å²) in [6.45, 7) is 0. The van der Waals surface area contributed by atoms with Crippen molar-refractivity contribution < 1.29 is 14.0 Å². The van der Waals surface area contributed by atoms with Crippen molar-refractivity contribution >= 4 is 23.2 Å². The van der Waals surface area contributed by atoms with Crippen LogP contribution in [0.5, 0.6) is 0 Å². The van der Waals surface area contributed by atoms with Crippen LogP contribution in [0.2, 0.25) is 0 Å². The molecule has 1 aromatic carbocycles. The average Bonchev–Trinajstić information content (AvgIpc) is 2.79. The Morgan fingerprint density at radius 3 is 2.50 bits per heavy atom. The molecule has 0 aliphatic rings. The van der Waals surface area contributed by atoms with Crippen LogP contribution in [0.3, 0.4) is 0 Å². The van der Waals surface area contributed by atoms with Crippen molar-refractivity contribution in [1.29, 1.82) is 0 Å². The zero-order valence-corrected chi connectivity index (χ0v) is 9.07. The number of rotatable bonds is 3. The van der Waals surface area contributed by atoms with Gasteiger partial charge >= 0.3 is 0 Å². The lowest BCUT2D eigenvalue weighted by Gasteiger charge is -1.96. The SMILES string of the molecule is O=Cc1ccc(C(=O)Sc2ccccc2)o1. The molecule has 16 heavy (non-hydrogen) atoms. The van der Waals surface area contributed by atoms with Gasteiger partial charge in [0.2, 0.25) is 0 Å². The number of carbonyl (C=O) groups excluding carboxylic acids is 2. The van der Waals surface area contributed by atoms with Gasteiger partial charge in [0.25, 0.3) is 5.12 Å². The highest BCUT2D eigenvalue weighted by Crippen LogP contribution is 2.23. The predicted molar refractivity (Wildman–Crippen MR) is 60.7 cm³/mol. The number of thioether (sulfide) groups is 1. The molecule has 1 aromatic heterocycles. The van der Waals surface area contributed by atoms with Gasteiger partial charge in [-0.1, -0.05) is 18.2 Å². The molecule has 1 heterocycles. The minimum absolute atomic E-state index is 0.164. The molecule has 3 nitrogen and oxygen atoms in total. The Morgan fingerprint density at radius 1 is 1.12 bits per heavy atom. The quantitative estimate of drug-likeness (QED) is 0.602. The van der Waals surface area contributed by atoms with Gasteiger partial charge in [0, 0.05) is 4.90 Å². The van der Waals surface area contributed by atoms with E-state index in [1.807, 2.05) is 30.3 Å². The third kappa shape index (κ3) is 2.41. The van der Waals surface area contributed by atoms with Crippen molar-refractivity contribution in [3.63, 3.8) is 0 Å². The van der Waals surface area contributed by atoms with Gasteiger partial charge in [-0.3, -0.25) is 9.59 Å². The largest absolute Gasteiger partial charge is 0.449 e. The molecule has 0 unspecified atom stereocenters. The van der Waals surface area contributed by atoms with E-state index in [0.717, 1.165) is 16.7 Å². The molecule has 0 amide bonds. The zero-order chi connectivity index (χ0) is 11.4. The summed E-state index contributed by atoms with van der Waals surface area (Å²) in [4.78, 5) is 22.9. The van der Waals surface area contributed by atoms with Crippen molar-refractivity contribution in [1.82, 2.24) is 0 Å². The molecule has 0 atom stereocenters. The molecule has 0 bridgehead atoms. The first kappa shape index (κ1) is 10.7. The normalized spacial score (nSPS) is 10.0. The maximum atomic E-state index is 11.7. The van der Waals surface area contributed by atoms with Crippen molar-refractivity contribution in [2.75, 3.05) is 0 Å². The molecule has 4 heteroatoms. The molecular weight excluding hydrogens is 224 g/mol. The van der Waals surface area contributed by atoms with Gasteiger partial charge in [-0.05, 0) is 36.0 Å². The van der Waals surface area contributed by atoms with Crippen LogP contribution in [0.15, 0.2) is 51.8 Å². The Bertz CT molecular complexity index is 502. The third-order valence-electron chi connectivity index (χ3n) is 1.90. The van der Waals surface area contributed by atoms with Gasteiger partial charge in [-0.15, -0.1) is 0 Å². The van der Waals surface area contributed by atoms with Gasteiger partial charge in [0.15, 0.2) is 17.8 Å². The van der Waals surface area contributed by atoms with Gasteiger partial charge in [0.1, 0.15) is 0 Å². The third-order valence-corrected chi connectivity index (χ3v) is 2.79. The maximum Gasteiger partial charge on any atom is 0.259 e. The fraction of sp³-hybridized carbons (Fsp3) is 0. The number of benzene rings is 1. The first-order chi connectivity index (χ1) is 7.79. The van der Waals surface area contributed by atoms with Crippen molar-refractivity contribution in [2.24, 2.45) is 0 Å². The number of carbonyl (C=O) groups is 2. The molecule has 2 aromatic rings. The number of aldehydes is 1. The van der Waals surface area contributed by atoms with E-state index in [2.05, 4.69) is 0 Å². The molecule has 0 saturated heterocycles. The lowest BCUT2D eigenvalue weighted by Crippen LogP contribution is -1.89. The summed E-state index contributed by atoms with van der Waals surface area (Å²) in [5, 5.41) is -0.209. The van der Waals surface area contributed by atoms with Crippen molar-refractivity contribution in [3.8, 4) is 0 Å². The van der Waals surface area contributed by atoms with E-state index in [0.29, 0.717) is 6.29 Å². The van der Waals surface area contributed by atoms with Crippen molar-refractivity contribution in [3.05, 3.63) is 54.0 Å². The fourth-order valence-corrected chi connectivity index (χ4v) is 1.89. The number of hydrogen-bond acceptors (Lipinski definition) is 4. The van der Waals surface area contributed by atoms with E-state index >= 15 is 0 Å². The molecule has 0 aliphatic heterocycles. The summed E-state index contributed by atoms with van der Waals surface area (Å²) in [7, 11) is 0. The predicted octanol–water partition coefficient (Wildman–Crippen LogP) is 3.02. The van der Waals surface area contributed by atoms with Gasteiger partial charge in [0.05, 0.1) is 0 Å². The minimum Gasteiger partial charge on any atom is -0.449 e. The highest BCUT2D eigenvalue weighted by Gasteiger charge is 2.12. The number of furan rings is 1. The van der Waals surface area contributed by atoms with Crippen LogP contribution < -0.4 is 0 Å². The second-order valence-corrected chi connectivity index (χ2v) is 4.07. The highest BCUT2D eigenvalue weighted by atomic mass is 32.2. The van der Waals surface area contributed by atoms with Crippen LogP contribution in [-0.2, 0) is 0 Å².